The van der Waals surface area contributed by atoms with Gasteiger partial charge < -0.3 is 10.6 Å². The van der Waals surface area contributed by atoms with Gasteiger partial charge in [-0.3, -0.25) is 9.59 Å². The number of carbonyl (C=O) groups excluding carboxylic acids is 2. The highest BCUT2D eigenvalue weighted by atomic mass is 19.2. The van der Waals surface area contributed by atoms with Gasteiger partial charge in [-0.2, -0.15) is 0 Å². The van der Waals surface area contributed by atoms with Crippen LogP contribution in [0.1, 0.15) is 22.3 Å². The molecule has 23 heavy (non-hydrogen) atoms. The van der Waals surface area contributed by atoms with Crippen LogP contribution in [-0.2, 0) is 11.3 Å². The lowest BCUT2D eigenvalue weighted by Gasteiger charge is -2.22. The Kier molecular flexibility index (Phi) is 5.41. The Hall–Kier alpha value is -2.76. The molecule has 0 saturated heterocycles. The van der Waals surface area contributed by atoms with Gasteiger partial charge in [-0.15, -0.1) is 0 Å². The molecule has 2 rings (SSSR count). The van der Waals surface area contributed by atoms with Crippen LogP contribution in [0, 0.1) is 11.6 Å². The molecule has 2 amide bonds. The van der Waals surface area contributed by atoms with E-state index in [2.05, 4.69) is 0 Å². The van der Waals surface area contributed by atoms with Crippen molar-refractivity contribution in [2.75, 3.05) is 6.54 Å². The van der Waals surface area contributed by atoms with Crippen LogP contribution >= 0.6 is 0 Å². The summed E-state index contributed by atoms with van der Waals surface area (Å²) in [6, 6.07) is 12.1. The van der Waals surface area contributed by atoms with E-state index in [4.69, 9.17) is 5.73 Å². The van der Waals surface area contributed by atoms with Crippen molar-refractivity contribution < 1.29 is 18.4 Å². The lowest BCUT2D eigenvalue weighted by atomic mass is 10.1. The molecule has 0 spiro atoms. The summed E-state index contributed by atoms with van der Waals surface area (Å²) in [7, 11) is 0. The minimum absolute atomic E-state index is 0.0117. The number of hydrogen-bond acceptors (Lipinski definition) is 2. The third kappa shape index (κ3) is 4.60. The Labute approximate surface area is 132 Å². The van der Waals surface area contributed by atoms with Gasteiger partial charge in [0.05, 0.1) is 0 Å². The zero-order chi connectivity index (χ0) is 16.8. The van der Waals surface area contributed by atoms with Crippen molar-refractivity contribution in [2.45, 2.75) is 13.0 Å². The molecule has 0 aliphatic rings. The maximum atomic E-state index is 13.3. The van der Waals surface area contributed by atoms with E-state index in [1.807, 2.05) is 30.3 Å². The fraction of sp³-hybridized carbons (Fsp3) is 0.176. The van der Waals surface area contributed by atoms with Crippen molar-refractivity contribution >= 4 is 11.8 Å². The van der Waals surface area contributed by atoms with Gasteiger partial charge in [0.1, 0.15) is 0 Å². The number of primary amides is 1. The first-order chi connectivity index (χ1) is 11.0. The van der Waals surface area contributed by atoms with E-state index in [9.17, 15) is 18.4 Å². The fourth-order valence-corrected chi connectivity index (χ4v) is 2.11. The Morgan fingerprint density at radius 1 is 1.00 bits per heavy atom. The molecule has 0 aliphatic heterocycles. The zero-order valence-electron chi connectivity index (χ0n) is 12.3. The second-order valence-corrected chi connectivity index (χ2v) is 5.06. The van der Waals surface area contributed by atoms with Gasteiger partial charge in [-0.1, -0.05) is 30.3 Å². The maximum absolute atomic E-state index is 13.3. The van der Waals surface area contributed by atoms with Gasteiger partial charge in [-0.25, -0.2) is 8.78 Å². The monoisotopic (exact) mass is 318 g/mol. The molecule has 0 atom stereocenters. The van der Waals surface area contributed by atoms with Gasteiger partial charge in [-0.05, 0) is 23.8 Å². The zero-order valence-corrected chi connectivity index (χ0v) is 12.3. The number of hydrogen-bond donors (Lipinski definition) is 1. The van der Waals surface area contributed by atoms with Crippen LogP contribution in [-0.4, -0.2) is 23.3 Å². The Bertz CT molecular complexity index is 705. The predicted molar refractivity (Wildman–Crippen MR) is 81.4 cm³/mol. The highest BCUT2D eigenvalue weighted by Gasteiger charge is 2.18. The number of rotatable bonds is 6. The second-order valence-electron chi connectivity index (χ2n) is 5.06. The molecule has 0 heterocycles. The number of benzene rings is 2. The summed E-state index contributed by atoms with van der Waals surface area (Å²) in [4.78, 5) is 24.9. The van der Waals surface area contributed by atoms with Gasteiger partial charge in [0.2, 0.25) is 5.91 Å². The number of carbonyl (C=O) groups is 2. The molecule has 0 unspecified atom stereocenters. The van der Waals surface area contributed by atoms with E-state index in [1.54, 1.807) is 0 Å². The SMILES string of the molecule is NC(=O)CCN(Cc1ccccc1)C(=O)c1ccc(F)c(F)c1. The Morgan fingerprint density at radius 3 is 2.30 bits per heavy atom. The third-order valence-corrected chi connectivity index (χ3v) is 3.30. The summed E-state index contributed by atoms with van der Waals surface area (Å²) >= 11 is 0. The van der Waals surface area contributed by atoms with Crippen molar-refractivity contribution in [3.8, 4) is 0 Å². The van der Waals surface area contributed by atoms with Gasteiger partial charge in [0.25, 0.3) is 5.91 Å². The molecule has 0 saturated carbocycles. The molecule has 2 aromatic rings. The van der Waals surface area contributed by atoms with Crippen LogP contribution in [0.3, 0.4) is 0 Å². The molecule has 0 fully saturated rings. The minimum atomic E-state index is -1.09. The lowest BCUT2D eigenvalue weighted by molar-refractivity contribution is -0.118. The molecule has 0 aliphatic carbocycles. The third-order valence-electron chi connectivity index (χ3n) is 3.30. The lowest BCUT2D eigenvalue weighted by Crippen LogP contribution is -2.33. The number of nitrogens with two attached hydrogens (primary N) is 1. The van der Waals surface area contributed by atoms with Crippen molar-refractivity contribution in [1.82, 2.24) is 4.90 Å². The van der Waals surface area contributed by atoms with Crippen molar-refractivity contribution in [2.24, 2.45) is 5.73 Å². The predicted octanol–water partition coefficient (Wildman–Crippen LogP) is 2.48. The first kappa shape index (κ1) is 16.6. The molecule has 2 N–H and O–H groups in total. The van der Waals surface area contributed by atoms with E-state index < -0.39 is 23.4 Å². The van der Waals surface area contributed by atoms with Crippen molar-refractivity contribution in [3.05, 3.63) is 71.3 Å². The van der Waals surface area contributed by atoms with Crippen LogP contribution in [0.15, 0.2) is 48.5 Å². The van der Waals surface area contributed by atoms with E-state index >= 15 is 0 Å². The molecule has 0 bridgehead atoms. The van der Waals surface area contributed by atoms with Gasteiger partial charge in [0.15, 0.2) is 11.6 Å². The summed E-state index contributed by atoms with van der Waals surface area (Å²) < 4.78 is 26.3. The summed E-state index contributed by atoms with van der Waals surface area (Å²) in [6.45, 7) is 0.341. The normalized spacial score (nSPS) is 10.3. The first-order valence-electron chi connectivity index (χ1n) is 7.04. The van der Waals surface area contributed by atoms with Gasteiger partial charge in [0, 0.05) is 25.1 Å². The largest absolute Gasteiger partial charge is 0.370 e. The second kappa shape index (κ2) is 7.49. The quantitative estimate of drug-likeness (QED) is 0.889. The van der Waals surface area contributed by atoms with E-state index in [0.717, 1.165) is 17.7 Å². The number of nitrogens with zero attached hydrogens (tertiary/aromatic N) is 1. The maximum Gasteiger partial charge on any atom is 0.254 e. The molecule has 0 aromatic heterocycles. The minimum Gasteiger partial charge on any atom is -0.370 e. The van der Waals surface area contributed by atoms with E-state index in [0.29, 0.717) is 0 Å². The standard InChI is InChI=1S/C17H16F2N2O2/c18-14-7-6-13(10-15(14)19)17(23)21(9-8-16(20)22)11-12-4-2-1-3-5-12/h1-7,10H,8-9,11H2,(H2,20,22). The number of amides is 2. The molecular formula is C17H16F2N2O2. The van der Waals surface area contributed by atoms with Gasteiger partial charge >= 0.3 is 0 Å². The smallest absolute Gasteiger partial charge is 0.254 e. The van der Waals surface area contributed by atoms with Crippen LogP contribution in [0.2, 0.25) is 0 Å². The topological polar surface area (TPSA) is 63.4 Å². The Morgan fingerprint density at radius 2 is 1.70 bits per heavy atom. The average molecular weight is 318 g/mol. The highest BCUT2D eigenvalue weighted by molar-refractivity contribution is 5.94. The first-order valence-corrected chi connectivity index (χ1v) is 7.04. The highest BCUT2D eigenvalue weighted by Crippen LogP contribution is 2.14. The summed E-state index contributed by atoms with van der Waals surface area (Å²) in [5.74, 6) is -3.14. The van der Waals surface area contributed by atoms with Crippen LogP contribution < -0.4 is 5.73 Å². The van der Waals surface area contributed by atoms with Crippen molar-refractivity contribution in [3.63, 3.8) is 0 Å². The van der Waals surface area contributed by atoms with Crippen LogP contribution in [0.25, 0.3) is 0 Å². The summed E-state index contributed by atoms with van der Waals surface area (Å²) in [6.07, 6.45) is -0.0117. The molecule has 120 valence electrons. The van der Waals surface area contributed by atoms with E-state index in [1.165, 1.54) is 11.0 Å². The van der Waals surface area contributed by atoms with E-state index in [-0.39, 0.29) is 25.1 Å². The molecule has 2 aromatic carbocycles. The Balaban J connectivity index is 2.22. The molecule has 4 nitrogen and oxygen atoms in total. The molecule has 0 radical (unpaired) electrons. The molecule has 6 heteroatoms. The van der Waals surface area contributed by atoms with Crippen LogP contribution in [0.4, 0.5) is 8.78 Å². The average Bonchev–Trinajstić information content (AvgIpc) is 2.54. The fourth-order valence-electron chi connectivity index (χ4n) is 2.11. The number of halogens is 2. The molecular weight excluding hydrogens is 302 g/mol. The van der Waals surface area contributed by atoms with Crippen molar-refractivity contribution in [1.29, 1.82) is 0 Å². The summed E-state index contributed by atoms with van der Waals surface area (Å²) in [5.41, 5.74) is 6.00. The van der Waals surface area contributed by atoms with Crippen LogP contribution in [0.5, 0.6) is 0 Å². The summed E-state index contributed by atoms with van der Waals surface area (Å²) in [5, 5.41) is 0.